The van der Waals surface area contributed by atoms with Crippen LogP contribution in [0.25, 0.3) is 0 Å². The topological polar surface area (TPSA) is 20.3 Å². The van der Waals surface area contributed by atoms with Gasteiger partial charge in [-0.15, -0.1) is 0 Å². The molecule has 1 aliphatic rings. The highest BCUT2D eigenvalue weighted by molar-refractivity contribution is 5.97. The molecular weight excluding hydrogens is 258 g/mol. The van der Waals surface area contributed by atoms with Crippen molar-refractivity contribution < 1.29 is 4.79 Å². The van der Waals surface area contributed by atoms with E-state index in [0.29, 0.717) is 18.5 Å². The summed E-state index contributed by atoms with van der Waals surface area (Å²) in [7, 11) is 0. The average molecular weight is 287 g/mol. The molecular formula is C19H29NO. The molecule has 1 aliphatic carbocycles. The summed E-state index contributed by atoms with van der Waals surface area (Å²) in [6.45, 7) is 8.07. The highest BCUT2D eigenvalue weighted by Gasteiger charge is 2.22. The summed E-state index contributed by atoms with van der Waals surface area (Å²) in [6, 6.07) is 8.78. The number of hydrogen-bond acceptors (Lipinski definition) is 2. The van der Waals surface area contributed by atoms with Crippen LogP contribution >= 0.6 is 0 Å². The van der Waals surface area contributed by atoms with Gasteiger partial charge in [0.15, 0.2) is 5.78 Å². The van der Waals surface area contributed by atoms with E-state index in [4.69, 9.17) is 0 Å². The van der Waals surface area contributed by atoms with Crippen LogP contribution < -0.4 is 0 Å². The van der Waals surface area contributed by atoms with Gasteiger partial charge in [0.1, 0.15) is 0 Å². The number of carbonyl (C=O) groups is 1. The molecule has 0 aromatic heterocycles. The Balaban J connectivity index is 1.98. The first-order valence-electron chi connectivity index (χ1n) is 8.49. The van der Waals surface area contributed by atoms with Crippen molar-refractivity contribution in [2.24, 2.45) is 0 Å². The monoisotopic (exact) mass is 287 g/mol. The predicted molar refractivity (Wildman–Crippen MR) is 89.0 cm³/mol. The van der Waals surface area contributed by atoms with E-state index in [0.717, 1.165) is 12.1 Å². The van der Waals surface area contributed by atoms with Gasteiger partial charge in [0.2, 0.25) is 0 Å². The number of carbonyl (C=O) groups excluding carboxylic acids is 1. The van der Waals surface area contributed by atoms with E-state index in [1.165, 1.54) is 37.7 Å². The minimum absolute atomic E-state index is 0.262. The van der Waals surface area contributed by atoms with Crippen LogP contribution in [0.5, 0.6) is 0 Å². The normalized spacial score (nSPS) is 16.6. The first-order chi connectivity index (χ1) is 10.1. The lowest BCUT2D eigenvalue weighted by Gasteiger charge is -2.33. The van der Waals surface area contributed by atoms with Gasteiger partial charge < -0.3 is 0 Å². The fourth-order valence-corrected chi connectivity index (χ4v) is 3.27. The lowest BCUT2D eigenvalue weighted by Crippen LogP contribution is -2.40. The molecule has 1 saturated carbocycles. The quantitative estimate of drug-likeness (QED) is 0.710. The predicted octanol–water partition coefficient (Wildman–Crippen LogP) is 4.65. The molecule has 0 saturated heterocycles. The summed E-state index contributed by atoms with van der Waals surface area (Å²) < 4.78 is 0. The van der Waals surface area contributed by atoms with Crippen molar-refractivity contribution in [3.8, 4) is 0 Å². The van der Waals surface area contributed by atoms with E-state index in [9.17, 15) is 4.79 Å². The highest BCUT2D eigenvalue weighted by atomic mass is 16.1. The van der Waals surface area contributed by atoms with Crippen molar-refractivity contribution in [2.45, 2.75) is 64.8 Å². The number of Topliss-reactive ketones (excluding diaryl/α,β-unsaturated/α-hetero) is 1. The fraction of sp³-hybridized carbons (Fsp3) is 0.632. The summed E-state index contributed by atoms with van der Waals surface area (Å²) in [5, 5.41) is 0. The minimum Gasteiger partial charge on any atom is -0.293 e. The standard InChI is InChI=1S/C19H29NO/c1-4-20(18-8-6-5-7-9-18)14-19(21)17-12-10-16(11-13-17)15(2)3/h10-13,15,18H,4-9,14H2,1-3H3. The molecule has 2 rings (SSSR count). The van der Waals surface area contributed by atoms with Gasteiger partial charge in [-0.2, -0.15) is 0 Å². The molecule has 1 aromatic rings. The Kier molecular flexibility index (Phi) is 5.98. The van der Waals surface area contributed by atoms with Crippen LogP contribution in [0.1, 0.15) is 74.7 Å². The van der Waals surface area contributed by atoms with Crippen LogP contribution in [-0.4, -0.2) is 29.8 Å². The molecule has 1 fully saturated rings. The largest absolute Gasteiger partial charge is 0.293 e. The molecule has 0 aliphatic heterocycles. The van der Waals surface area contributed by atoms with E-state index in [2.05, 4.69) is 37.8 Å². The van der Waals surface area contributed by atoms with Gasteiger partial charge in [-0.05, 0) is 30.9 Å². The number of hydrogen-bond donors (Lipinski definition) is 0. The Morgan fingerprint density at radius 2 is 1.76 bits per heavy atom. The molecule has 0 spiro atoms. The second-order valence-corrected chi connectivity index (χ2v) is 6.55. The summed E-state index contributed by atoms with van der Waals surface area (Å²) >= 11 is 0. The summed E-state index contributed by atoms with van der Waals surface area (Å²) in [5.41, 5.74) is 2.15. The maximum Gasteiger partial charge on any atom is 0.176 e. The molecule has 0 atom stereocenters. The molecule has 1 aromatic carbocycles. The lowest BCUT2D eigenvalue weighted by molar-refractivity contribution is 0.0868. The zero-order valence-electron chi connectivity index (χ0n) is 13.8. The van der Waals surface area contributed by atoms with Gasteiger partial charge >= 0.3 is 0 Å². The second kappa shape index (κ2) is 7.74. The Labute approximate surface area is 129 Å². The third-order valence-corrected chi connectivity index (χ3v) is 4.74. The second-order valence-electron chi connectivity index (χ2n) is 6.55. The van der Waals surface area contributed by atoms with Crippen LogP contribution in [-0.2, 0) is 0 Å². The molecule has 21 heavy (non-hydrogen) atoms. The highest BCUT2D eigenvalue weighted by Crippen LogP contribution is 2.23. The molecule has 116 valence electrons. The number of ketones is 1. The van der Waals surface area contributed by atoms with Crippen LogP contribution in [0.2, 0.25) is 0 Å². The molecule has 0 amide bonds. The maximum atomic E-state index is 12.5. The van der Waals surface area contributed by atoms with Gasteiger partial charge in [0.05, 0.1) is 6.54 Å². The van der Waals surface area contributed by atoms with Crippen molar-refractivity contribution in [1.82, 2.24) is 4.90 Å². The Bertz CT molecular complexity index is 443. The van der Waals surface area contributed by atoms with Gasteiger partial charge in [0, 0.05) is 11.6 Å². The van der Waals surface area contributed by atoms with Crippen LogP contribution in [0.4, 0.5) is 0 Å². The molecule has 2 nitrogen and oxygen atoms in total. The van der Waals surface area contributed by atoms with E-state index in [1.54, 1.807) is 0 Å². The number of rotatable bonds is 6. The van der Waals surface area contributed by atoms with Crippen molar-refractivity contribution in [2.75, 3.05) is 13.1 Å². The van der Waals surface area contributed by atoms with Crippen molar-refractivity contribution in [1.29, 1.82) is 0 Å². The van der Waals surface area contributed by atoms with Crippen LogP contribution in [0.15, 0.2) is 24.3 Å². The van der Waals surface area contributed by atoms with E-state index >= 15 is 0 Å². The van der Waals surface area contributed by atoms with Crippen molar-refractivity contribution in [3.63, 3.8) is 0 Å². The van der Waals surface area contributed by atoms with E-state index in [-0.39, 0.29) is 5.78 Å². The maximum absolute atomic E-state index is 12.5. The fourth-order valence-electron chi connectivity index (χ4n) is 3.27. The molecule has 0 N–H and O–H groups in total. The zero-order chi connectivity index (χ0) is 15.2. The van der Waals surface area contributed by atoms with Crippen molar-refractivity contribution >= 4 is 5.78 Å². The number of benzene rings is 1. The molecule has 2 heteroatoms. The van der Waals surface area contributed by atoms with Gasteiger partial charge in [0.25, 0.3) is 0 Å². The third kappa shape index (κ3) is 4.41. The number of likely N-dealkylation sites (N-methyl/N-ethyl adjacent to an activating group) is 1. The zero-order valence-corrected chi connectivity index (χ0v) is 13.8. The first kappa shape index (κ1) is 16.2. The Morgan fingerprint density at radius 1 is 1.14 bits per heavy atom. The number of nitrogens with zero attached hydrogens (tertiary/aromatic N) is 1. The molecule has 0 bridgehead atoms. The molecule has 0 heterocycles. The smallest absolute Gasteiger partial charge is 0.176 e. The van der Waals surface area contributed by atoms with Crippen molar-refractivity contribution in [3.05, 3.63) is 35.4 Å². The summed E-state index contributed by atoms with van der Waals surface area (Å²) in [5.74, 6) is 0.779. The first-order valence-corrected chi connectivity index (χ1v) is 8.49. The summed E-state index contributed by atoms with van der Waals surface area (Å²) in [6.07, 6.45) is 6.51. The van der Waals surface area contributed by atoms with Crippen LogP contribution in [0, 0.1) is 0 Å². The van der Waals surface area contributed by atoms with E-state index in [1.807, 2.05) is 12.1 Å². The van der Waals surface area contributed by atoms with Gasteiger partial charge in [-0.25, -0.2) is 0 Å². The Morgan fingerprint density at radius 3 is 2.29 bits per heavy atom. The van der Waals surface area contributed by atoms with E-state index < -0.39 is 0 Å². The summed E-state index contributed by atoms with van der Waals surface area (Å²) in [4.78, 5) is 14.9. The molecule has 0 radical (unpaired) electrons. The van der Waals surface area contributed by atoms with Gasteiger partial charge in [-0.3, -0.25) is 9.69 Å². The Hall–Kier alpha value is -1.15. The lowest BCUT2D eigenvalue weighted by atomic mass is 9.93. The van der Waals surface area contributed by atoms with Gasteiger partial charge in [-0.1, -0.05) is 64.3 Å². The molecule has 0 unspecified atom stereocenters. The average Bonchev–Trinajstić information content (AvgIpc) is 2.53. The SMILES string of the molecule is CCN(CC(=O)c1ccc(C(C)C)cc1)C1CCCCC1. The third-order valence-electron chi connectivity index (χ3n) is 4.74. The minimum atomic E-state index is 0.262. The van der Waals surface area contributed by atoms with Crippen LogP contribution in [0.3, 0.4) is 0 Å².